The first-order valence-electron chi connectivity index (χ1n) is 4.92. The maximum Gasteiger partial charge on any atom is 0.408 e. The fraction of sp³-hybridized carbons (Fsp3) is 0.636. The number of amides is 1. The summed E-state index contributed by atoms with van der Waals surface area (Å²) in [4.78, 5) is 21.6. The van der Waals surface area contributed by atoms with Gasteiger partial charge < -0.3 is 15.2 Å². The number of aliphatic carboxylic acids is 1. The van der Waals surface area contributed by atoms with Crippen LogP contribution in [0.5, 0.6) is 0 Å². The Morgan fingerprint density at radius 2 is 2.06 bits per heavy atom. The first-order valence-corrected chi connectivity index (χ1v) is 4.92. The molecule has 0 spiro atoms. The van der Waals surface area contributed by atoms with Gasteiger partial charge in [0.15, 0.2) is 0 Å². The van der Waals surface area contributed by atoms with Crippen LogP contribution in [0, 0.1) is 12.3 Å². The molecule has 0 heterocycles. The second kappa shape index (κ2) is 6.01. The van der Waals surface area contributed by atoms with Crippen LogP contribution in [0.1, 0.15) is 33.6 Å². The largest absolute Gasteiger partial charge is 0.481 e. The van der Waals surface area contributed by atoms with E-state index in [1.54, 1.807) is 20.8 Å². The van der Waals surface area contributed by atoms with Crippen LogP contribution >= 0.6 is 0 Å². The molecule has 0 saturated carbocycles. The lowest BCUT2D eigenvalue weighted by Crippen LogP contribution is -2.38. The van der Waals surface area contributed by atoms with Crippen LogP contribution in [-0.4, -0.2) is 28.8 Å². The van der Waals surface area contributed by atoms with Crippen molar-refractivity contribution in [3.63, 3.8) is 0 Å². The number of rotatable bonds is 4. The molecule has 1 unspecified atom stereocenters. The number of hydrogen-bond acceptors (Lipinski definition) is 3. The fourth-order valence-electron chi connectivity index (χ4n) is 0.915. The maximum absolute atomic E-state index is 11.3. The van der Waals surface area contributed by atoms with Crippen molar-refractivity contribution >= 4 is 12.1 Å². The standard InChI is InChI=1S/C11H17NO4/c1-5-8(6-7-9(13)14)12-10(15)16-11(2,3)4/h1,8H,6-7H2,2-4H3,(H,12,15)(H,13,14). The Hall–Kier alpha value is -1.70. The molecule has 5 heteroatoms. The van der Waals surface area contributed by atoms with Gasteiger partial charge in [0.25, 0.3) is 0 Å². The molecule has 0 aliphatic carbocycles. The second-order valence-corrected chi connectivity index (χ2v) is 4.30. The molecule has 0 fully saturated rings. The quantitative estimate of drug-likeness (QED) is 0.711. The average Bonchev–Trinajstić information content (AvgIpc) is 2.08. The Morgan fingerprint density at radius 1 is 1.50 bits per heavy atom. The van der Waals surface area contributed by atoms with Crippen LogP contribution < -0.4 is 5.32 Å². The van der Waals surface area contributed by atoms with E-state index in [1.807, 2.05) is 0 Å². The van der Waals surface area contributed by atoms with E-state index in [0.29, 0.717) is 0 Å². The van der Waals surface area contributed by atoms with Crippen LogP contribution in [0.2, 0.25) is 0 Å². The van der Waals surface area contributed by atoms with E-state index in [4.69, 9.17) is 16.3 Å². The second-order valence-electron chi connectivity index (χ2n) is 4.30. The zero-order valence-electron chi connectivity index (χ0n) is 9.74. The third-order valence-corrected chi connectivity index (χ3v) is 1.54. The van der Waals surface area contributed by atoms with Crippen molar-refractivity contribution < 1.29 is 19.4 Å². The Kier molecular flexibility index (Phi) is 5.37. The van der Waals surface area contributed by atoms with Gasteiger partial charge in [0, 0.05) is 6.42 Å². The number of ether oxygens (including phenoxy) is 1. The SMILES string of the molecule is C#CC(CCC(=O)O)NC(=O)OC(C)(C)C. The zero-order chi connectivity index (χ0) is 12.8. The number of carboxylic acid groups (broad SMARTS) is 1. The lowest BCUT2D eigenvalue weighted by molar-refractivity contribution is -0.137. The highest BCUT2D eigenvalue weighted by atomic mass is 16.6. The predicted octanol–water partition coefficient (Wildman–Crippen LogP) is 1.38. The molecule has 5 nitrogen and oxygen atoms in total. The number of carbonyl (C=O) groups is 2. The van der Waals surface area contributed by atoms with E-state index in [1.165, 1.54) is 0 Å². The summed E-state index contributed by atoms with van der Waals surface area (Å²) in [6.07, 6.45) is 4.61. The topological polar surface area (TPSA) is 75.6 Å². The lowest BCUT2D eigenvalue weighted by Gasteiger charge is -2.21. The molecule has 90 valence electrons. The van der Waals surface area contributed by atoms with Crippen LogP contribution in [0.15, 0.2) is 0 Å². The number of carboxylic acids is 1. The third kappa shape index (κ3) is 7.68. The van der Waals surface area contributed by atoms with Gasteiger partial charge in [0.05, 0.1) is 6.04 Å². The van der Waals surface area contributed by atoms with E-state index in [2.05, 4.69) is 11.2 Å². The molecule has 0 aromatic heterocycles. The minimum absolute atomic E-state index is 0.0926. The maximum atomic E-state index is 11.3. The van der Waals surface area contributed by atoms with Gasteiger partial charge in [-0.05, 0) is 27.2 Å². The van der Waals surface area contributed by atoms with Crippen molar-refractivity contribution in [3.8, 4) is 12.3 Å². The van der Waals surface area contributed by atoms with Crippen molar-refractivity contribution in [1.29, 1.82) is 0 Å². The van der Waals surface area contributed by atoms with Crippen molar-refractivity contribution in [2.45, 2.75) is 45.3 Å². The zero-order valence-corrected chi connectivity index (χ0v) is 9.74. The van der Waals surface area contributed by atoms with Crippen molar-refractivity contribution in [2.75, 3.05) is 0 Å². The molecule has 2 N–H and O–H groups in total. The molecule has 0 radical (unpaired) electrons. The van der Waals surface area contributed by atoms with Crippen LogP contribution in [0.4, 0.5) is 4.79 Å². The summed E-state index contributed by atoms with van der Waals surface area (Å²) < 4.78 is 4.98. The van der Waals surface area contributed by atoms with E-state index in [-0.39, 0.29) is 12.8 Å². The molecule has 0 saturated heterocycles. The molecule has 0 aromatic rings. The normalized spacial score (nSPS) is 12.4. The molecule has 0 rings (SSSR count). The summed E-state index contributed by atoms with van der Waals surface area (Å²) in [5.74, 6) is 1.35. The highest BCUT2D eigenvalue weighted by Gasteiger charge is 2.18. The molecule has 1 atom stereocenters. The van der Waals surface area contributed by atoms with Gasteiger partial charge in [0.2, 0.25) is 0 Å². The Labute approximate surface area is 95.2 Å². The van der Waals surface area contributed by atoms with Gasteiger partial charge in [-0.2, -0.15) is 0 Å². The molecular weight excluding hydrogens is 210 g/mol. The molecule has 1 amide bonds. The summed E-state index contributed by atoms with van der Waals surface area (Å²) in [6.45, 7) is 5.19. The number of hydrogen-bond donors (Lipinski definition) is 2. The first kappa shape index (κ1) is 14.3. The van der Waals surface area contributed by atoms with Crippen molar-refractivity contribution in [3.05, 3.63) is 0 Å². The summed E-state index contributed by atoms with van der Waals surface area (Å²) in [6, 6.07) is -0.619. The minimum Gasteiger partial charge on any atom is -0.481 e. The number of nitrogens with one attached hydrogen (secondary N) is 1. The monoisotopic (exact) mass is 227 g/mol. The van der Waals surface area contributed by atoms with Gasteiger partial charge in [-0.15, -0.1) is 6.42 Å². The number of terminal acetylenes is 1. The number of carbonyl (C=O) groups excluding carboxylic acids is 1. The summed E-state index contributed by atoms with van der Waals surface area (Å²) in [5.41, 5.74) is -0.601. The molecular formula is C11H17NO4. The molecule has 0 aromatic carbocycles. The van der Waals surface area contributed by atoms with Gasteiger partial charge in [-0.1, -0.05) is 5.92 Å². The summed E-state index contributed by atoms with van der Waals surface area (Å²) in [7, 11) is 0. The molecule has 16 heavy (non-hydrogen) atoms. The molecule has 0 bridgehead atoms. The smallest absolute Gasteiger partial charge is 0.408 e. The van der Waals surface area contributed by atoms with Crippen molar-refractivity contribution in [2.24, 2.45) is 0 Å². The van der Waals surface area contributed by atoms with Gasteiger partial charge in [-0.3, -0.25) is 4.79 Å². The van der Waals surface area contributed by atoms with E-state index < -0.39 is 23.7 Å². The highest BCUT2D eigenvalue weighted by Crippen LogP contribution is 2.07. The van der Waals surface area contributed by atoms with E-state index in [9.17, 15) is 9.59 Å². The average molecular weight is 227 g/mol. The van der Waals surface area contributed by atoms with E-state index >= 15 is 0 Å². The van der Waals surface area contributed by atoms with Crippen LogP contribution in [0.3, 0.4) is 0 Å². The minimum atomic E-state index is -0.953. The number of alkyl carbamates (subject to hydrolysis) is 1. The molecule has 0 aliphatic heterocycles. The van der Waals surface area contributed by atoms with Crippen LogP contribution in [-0.2, 0) is 9.53 Å². The third-order valence-electron chi connectivity index (χ3n) is 1.54. The summed E-state index contributed by atoms with van der Waals surface area (Å²) in [5, 5.41) is 10.9. The predicted molar refractivity (Wildman–Crippen MR) is 58.9 cm³/mol. The lowest BCUT2D eigenvalue weighted by atomic mass is 10.1. The first-order chi connectivity index (χ1) is 7.24. The Bertz CT molecular complexity index is 298. The van der Waals surface area contributed by atoms with Crippen molar-refractivity contribution in [1.82, 2.24) is 5.32 Å². The Balaban J connectivity index is 4.09. The van der Waals surface area contributed by atoms with Crippen LogP contribution in [0.25, 0.3) is 0 Å². The fourth-order valence-corrected chi connectivity index (χ4v) is 0.915. The highest BCUT2D eigenvalue weighted by molar-refractivity contribution is 5.69. The summed E-state index contributed by atoms with van der Waals surface area (Å²) >= 11 is 0. The molecule has 0 aliphatic rings. The van der Waals surface area contributed by atoms with Gasteiger partial charge >= 0.3 is 12.1 Å². The van der Waals surface area contributed by atoms with Gasteiger partial charge in [0.1, 0.15) is 5.60 Å². The van der Waals surface area contributed by atoms with E-state index in [0.717, 1.165) is 0 Å². The van der Waals surface area contributed by atoms with Gasteiger partial charge in [-0.25, -0.2) is 4.79 Å². The Morgan fingerprint density at radius 3 is 2.44 bits per heavy atom.